The number of aromatic nitrogens is 2. The van der Waals surface area contributed by atoms with Crippen molar-refractivity contribution < 1.29 is 19.2 Å². The van der Waals surface area contributed by atoms with Gasteiger partial charge in [0, 0.05) is 26.4 Å². The number of urea groups is 1. The molecule has 18 heavy (non-hydrogen) atoms. The zero-order chi connectivity index (χ0) is 13.5. The minimum absolute atomic E-state index is 0.316. The van der Waals surface area contributed by atoms with Crippen LogP contribution in [-0.2, 0) is 11.2 Å². The van der Waals surface area contributed by atoms with E-state index in [1.165, 1.54) is 4.90 Å². The summed E-state index contributed by atoms with van der Waals surface area (Å²) in [6, 6.07) is -0.417. The van der Waals surface area contributed by atoms with Crippen molar-refractivity contribution in [3.63, 3.8) is 0 Å². The fourth-order valence-corrected chi connectivity index (χ4v) is 1.33. The zero-order valence-corrected chi connectivity index (χ0v) is 10.3. The molecule has 0 bridgehead atoms. The molecular weight excluding hydrogens is 240 g/mol. The Balaban J connectivity index is 2.33. The van der Waals surface area contributed by atoms with Crippen molar-refractivity contribution in [2.45, 2.75) is 20.3 Å². The molecule has 0 spiro atoms. The number of carbonyl (C=O) groups excluding carboxylic acids is 1. The molecule has 0 aliphatic carbocycles. The van der Waals surface area contributed by atoms with Crippen molar-refractivity contribution in [3.8, 4) is 0 Å². The SMILES string of the molecule is CCN(CC(=O)O)C(=O)NCCc1noc(C)n1. The van der Waals surface area contributed by atoms with Crippen LogP contribution in [0.3, 0.4) is 0 Å². The number of carboxylic acid groups (broad SMARTS) is 1. The average Bonchev–Trinajstić information content (AvgIpc) is 2.71. The number of nitrogens with one attached hydrogen (secondary N) is 1. The summed E-state index contributed by atoms with van der Waals surface area (Å²) in [6.45, 7) is 3.74. The lowest BCUT2D eigenvalue weighted by Crippen LogP contribution is -2.43. The van der Waals surface area contributed by atoms with E-state index in [9.17, 15) is 9.59 Å². The fourth-order valence-electron chi connectivity index (χ4n) is 1.33. The van der Waals surface area contributed by atoms with Gasteiger partial charge in [-0.1, -0.05) is 5.16 Å². The van der Waals surface area contributed by atoms with E-state index in [1.54, 1.807) is 13.8 Å². The van der Waals surface area contributed by atoms with Gasteiger partial charge < -0.3 is 19.8 Å². The van der Waals surface area contributed by atoms with Gasteiger partial charge in [0.05, 0.1) is 0 Å². The first kappa shape index (κ1) is 13.9. The van der Waals surface area contributed by atoms with Gasteiger partial charge in [0.2, 0.25) is 5.89 Å². The third kappa shape index (κ3) is 4.40. The molecule has 0 aliphatic rings. The standard InChI is InChI=1S/C10H16N4O4/c1-3-14(6-9(15)16)10(17)11-5-4-8-12-7(2)18-13-8/h3-6H2,1-2H3,(H,11,17)(H,15,16). The fraction of sp³-hybridized carbons (Fsp3) is 0.600. The first-order valence-corrected chi connectivity index (χ1v) is 5.56. The highest BCUT2D eigenvalue weighted by molar-refractivity contribution is 5.79. The van der Waals surface area contributed by atoms with Crippen LogP contribution in [0.25, 0.3) is 0 Å². The molecule has 0 aliphatic heterocycles. The van der Waals surface area contributed by atoms with Crippen molar-refractivity contribution in [2.75, 3.05) is 19.6 Å². The zero-order valence-electron chi connectivity index (χ0n) is 10.3. The van der Waals surface area contributed by atoms with E-state index in [1.807, 2.05) is 0 Å². The first-order chi connectivity index (χ1) is 8.52. The van der Waals surface area contributed by atoms with E-state index in [2.05, 4.69) is 15.5 Å². The molecule has 8 heteroatoms. The van der Waals surface area contributed by atoms with Crippen LogP contribution >= 0.6 is 0 Å². The van der Waals surface area contributed by atoms with Crippen LogP contribution in [0.4, 0.5) is 4.79 Å². The normalized spacial score (nSPS) is 10.1. The molecule has 0 saturated heterocycles. The number of carbonyl (C=O) groups is 2. The van der Waals surface area contributed by atoms with Crippen molar-refractivity contribution in [1.82, 2.24) is 20.4 Å². The molecule has 0 atom stereocenters. The lowest BCUT2D eigenvalue weighted by atomic mass is 10.4. The molecule has 1 heterocycles. The van der Waals surface area contributed by atoms with E-state index in [4.69, 9.17) is 9.63 Å². The van der Waals surface area contributed by atoms with E-state index < -0.39 is 12.0 Å². The number of hydrogen-bond donors (Lipinski definition) is 2. The maximum Gasteiger partial charge on any atom is 0.323 e. The van der Waals surface area contributed by atoms with Gasteiger partial charge in [0.25, 0.3) is 0 Å². The Kier molecular flexibility index (Phi) is 5.09. The number of likely N-dealkylation sites (N-methyl/N-ethyl adjacent to an activating group) is 1. The van der Waals surface area contributed by atoms with Gasteiger partial charge in [0.15, 0.2) is 5.82 Å². The van der Waals surface area contributed by atoms with Gasteiger partial charge in [-0.2, -0.15) is 4.98 Å². The van der Waals surface area contributed by atoms with Gasteiger partial charge in [-0.15, -0.1) is 0 Å². The number of carboxylic acids is 1. The third-order valence-corrected chi connectivity index (χ3v) is 2.19. The van der Waals surface area contributed by atoms with E-state index in [0.717, 1.165) is 0 Å². The van der Waals surface area contributed by atoms with Crippen LogP contribution in [0.15, 0.2) is 4.52 Å². The molecule has 100 valence electrons. The van der Waals surface area contributed by atoms with E-state index in [-0.39, 0.29) is 6.54 Å². The molecule has 0 radical (unpaired) electrons. The Morgan fingerprint density at radius 1 is 1.50 bits per heavy atom. The smallest absolute Gasteiger partial charge is 0.323 e. The van der Waals surface area contributed by atoms with Gasteiger partial charge in [-0.25, -0.2) is 4.79 Å². The highest BCUT2D eigenvalue weighted by Gasteiger charge is 2.14. The van der Waals surface area contributed by atoms with Crippen LogP contribution in [0.5, 0.6) is 0 Å². The minimum Gasteiger partial charge on any atom is -0.480 e. The van der Waals surface area contributed by atoms with Crippen molar-refractivity contribution in [1.29, 1.82) is 0 Å². The van der Waals surface area contributed by atoms with E-state index in [0.29, 0.717) is 31.2 Å². The number of hydrogen-bond acceptors (Lipinski definition) is 5. The van der Waals surface area contributed by atoms with Crippen molar-refractivity contribution in [3.05, 3.63) is 11.7 Å². The Morgan fingerprint density at radius 2 is 2.22 bits per heavy atom. The van der Waals surface area contributed by atoms with Gasteiger partial charge in [0.1, 0.15) is 6.54 Å². The van der Waals surface area contributed by atoms with Crippen LogP contribution in [0.1, 0.15) is 18.6 Å². The molecule has 1 rings (SSSR count). The predicted octanol–water partition coefficient (Wildman–Crippen LogP) is 0.0366. The highest BCUT2D eigenvalue weighted by atomic mass is 16.5. The number of aliphatic carboxylic acids is 1. The summed E-state index contributed by atoms with van der Waals surface area (Å²) in [5.74, 6) is -0.0627. The summed E-state index contributed by atoms with van der Waals surface area (Å²) in [4.78, 5) is 27.3. The number of aryl methyl sites for hydroxylation is 1. The summed E-state index contributed by atoms with van der Waals surface area (Å²) in [6.07, 6.45) is 0.438. The van der Waals surface area contributed by atoms with Gasteiger partial charge in [-0.05, 0) is 6.92 Å². The van der Waals surface area contributed by atoms with Crippen LogP contribution < -0.4 is 5.32 Å². The molecule has 1 aromatic rings. The molecule has 2 N–H and O–H groups in total. The van der Waals surface area contributed by atoms with Gasteiger partial charge in [-0.3, -0.25) is 4.79 Å². The average molecular weight is 256 g/mol. The van der Waals surface area contributed by atoms with Gasteiger partial charge >= 0.3 is 12.0 Å². The monoisotopic (exact) mass is 256 g/mol. The van der Waals surface area contributed by atoms with E-state index >= 15 is 0 Å². The lowest BCUT2D eigenvalue weighted by Gasteiger charge is -2.18. The molecular formula is C10H16N4O4. The predicted molar refractivity (Wildman–Crippen MR) is 61.0 cm³/mol. The molecule has 0 aromatic carbocycles. The molecule has 2 amide bonds. The maximum atomic E-state index is 11.6. The second-order valence-electron chi connectivity index (χ2n) is 3.62. The van der Waals surface area contributed by atoms with Crippen LogP contribution in [0.2, 0.25) is 0 Å². The summed E-state index contributed by atoms with van der Waals surface area (Å²) in [7, 11) is 0. The van der Waals surface area contributed by atoms with Crippen molar-refractivity contribution in [2.24, 2.45) is 0 Å². The van der Waals surface area contributed by atoms with Crippen molar-refractivity contribution >= 4 is 12.0 Å². The Hall–Kier alpha value is -2.12. The largest absolute Gasteiger partial charge is 0.480 e. The summed E-state index contributed by atoms with van der Waals surface area (Å²) in [5, 5.41) is 14.9. The Morgan fingerprint density at radius 3 is 2.72 bits per heavy atom. The molecule has 8 nitrogen and oxygen atoms in total. The second kappa shape index (κ2) is 6.58. The number of amides is 2. The Bertz CT molecular complexity index is 418. The molecule has 0 saturated carbocycles. The summed E-state index contributed by atoms with van der Waals surface area (Å²) >= 11 is 0. The lowest BCUT2D eigenvalue weighted by molar-refractivity contribution is -0.137. The minimum atomic E-state index is -1.04. The summed E-state index contributed by atoms with van der Waals surface area (Å²) in [5.41, 5.74) is 0. The van der Waals surface area contributed by atoms with Crippen LogP contribution in [-0.4, -0.2) is 51.8 Å². The third-order valence-electron chi connectivity index (χ3n) is 2.19. The maximum absolute atomic E-state index is 11.6. The van der Waals surface area contributed by atoms with Crippen LogP contribution in [0, 0.1) is 6.92 Å². The second-order valence-corrected chi connectivity index (χ2v) is 3.62. The first-order valence-electron chi connectivity index (χ1n) is 5.56. The molecule has 0 fully saturated rings. The Labute approximate surface area is 104 Å². The quantitative estimate of drug-likeness (QED) is 0.743. The topological polar surface area (TPSA) is 109 Å². The molecule has 1 aromatic heterocycles. The summed E-state index contributed by atoms with van der Waals surface area (Å²) < 4.78 is 4.78. The highest BCUT2D eigenvalue weighted by Crippen LogP contribution is 1.95. The number of rotatable bonds is 6. The number of nitrogens with zero attached hydrogens (tertiary/aromatic N) is 3. The molecule has 0 unspecified atom stereocenters.